The Morgan fingerprint density at radius 2 is 2.15 bits per heavy atom. The molecule has 0 unspecified atom stereocenters. The van der Waals surface area contributed by atoms with Crippen molar-refractivity contribution in [2.45, 2.75) is 6.10 Å². The quantitative estimate of drug-likeness (QED) is 0.615. The number of nitrogens with zero attached hydrogens (tertiary/aromatic N) is 1. The SMILES string of the molecule is c1ccc2ncc([C@@H]3CO3)cc2c1. The average molecular weight is 171 g/mol. The molecule has 1 aliphatic heterocycles. The minimum atomic E-state index is 0.303. The van der Waals surface area contributed by atoms with Gasteiger partial charge in [0.25, 0.3) is 0 Å². The van der Waals surface area contributed by atoms with E-state index in [0.29, 0.717) is 6.10 Å². The summed E-state index contributed by atoms with van der Waals surface area (Å²) in [6.45, 7) is 0.847. The fourth-order valence-corrected chi connectivity index (χ4v) is 1.50. The molecule has 0 N–H and O–H groups in total. The van der Waals surface area contributed by atoms with E-state index in [1.54, 1.807) is 0 Å². The highest BCUT2D eigenvalue weighted by atomic mass is 16.6. The second kappa shape index (κ2) is 2.54. The Morgan fingerprint density at radius 3 is 3.00 bits per heavy atom. The fraction of sp³-hybridized carbons (Fsp3) is 0.182. The Balaban J connectivity index is 2.21. The molecule has 0 amide bonds. The highest BCUT2D eigenvalue weighted by Crippen LogP contribution is 2.30. The molecule has 1 saturated heterocycles. The summed E-state index contributed by atoms with van der Waals surface area (Å²) in [6.07, 6.45) is 2.21. The van der Waals surface area contributed by atoms with Crippen LogP contribution < -0.4 is 0 Å². The van der Waals surface area contributed by atoms with Gasteiger partial charge in [0.1, 0.15) is 6.10 Å². The van der Waals surface area contributed by atoms with Crippen molar-refractivity contribution in [1.29, 1.82) is 0 Å². The predicted octanol–water partition coefficient (Wildman–Crippen LogP) is 2.31. The van der Waals surface area contributed by atoms with Gasteiger partial charge in [-0.05, 0) is 12.1 Å². The molecule has 1 aromatic heterocycles. The molecule has 0 radical (unpaired) electrons. The number of ether oxygens (including phenoxy) is 1. The number of pyridine rings is 1. The number of fused-ring (bicyclic) bond motifs is 1. The van der Waals surface area contributed by atoms with Crippen LogP contribution in [-0.2, 0) is 4.74 Å². The van der Waals surface area contributed by atoms with Crippen LogP contribution in [0.25, 0.3) is 10.9 Å². The van der Waals surface area contributed by atoms with Crippen LogP contribution in [0.4, 0.5) is 0 Å². The minimum Gasteiger partial charge on any atom is -0.368 e. The number of aromatic nitrogens is 1. The van der Waals surface area contributed by atoms with Gasteiger partial charge in [-0.15, -0.1) is 0 Å². The molecule has 2 heteroatoms. The van der Waals surface area contributed by atoms with Crippen molar-refractivity contribution in [2.75, 3.05) is 6.61 Å². The van der Waals surface area contributed by atoms with E-state index in [-0.39, 0.29) is 0 Å². The first-order chi connectivity index (χ1) is 6.43. The smallest absolute Gasteiger partial charge is 0.107 e. The number of rotatable bonds is 1. The Labute approximate surface area is 76.2 Å². The van der Waals surface area contributed by atoms with Crippen molar-refractivity contribution in [3.05, 3.63) is 42.1 Å². The molecule has 3 rings (SSSR count). The van der Waals surface area contributed by atoms with Crippen molar-refractivity contribution < 1.29 is 4.74 Å². The van der Waals surface area contributed by atoms with Gasteiger partial charge in [-0.2, -0.15) is 0 Å². The molecule has 0 saturated carbocycles. The zero-order valence-corrected chi connectivity index (χ0v) is 7.10. The summed E-state index contributed by atoms with van der Waals surface area (Å²) < 4.78 is 5.20. The van der Waals surface area contributed by atoms with E-state index in [4.69, 9.17) is 4.74 Å². The lowest BCUT2D eigenvalue weighted by Gasteiger charge is -1.98. The Bertz CT molecular complexity index is 449. The summed E-state index contributed by atoms with van der Waals surface area (Å²) in [5, 5.41) is 1.19. The molecule has 2 aromatic rings. The maximum absolute atomic E-state index is 5.20. The van der Waals surface area contributed by atoms with Crippen molar-refractivity contribution in [3.8, 4) is 0 Å². The van der Waals surface area contributed by atoms with E-state index >= 15 is 0 Å². The van der Waals surface area contributed by atoms with E-state index in [2.05, 4.69) is 17.1 Å². The monoisotopic (exact) mass is 171 g/mol. The molecule has 2 heterocycles. The van der Waals surface area contributed by atoms with Gasteiger partial charge in [-0.25, -0.2) is 0 Å². The standard InChI is InChI=1S/C11H9NO/c1-2-4-10-8(3-1)5-9(6-12-10)11-7-13-11/h1-6,11H,7H2/t11-/m0/s1. The Morgan fingerprint density at radius 1 is 1.31 bits per heavy atom. The molecule has 1 aromatic carbocycles. The number of para-hydroxylation sites is 1. The first-order valence-corrected chi connectivity index (χ1v) is 4.40. The first kappa shape index (κ1) is 7.04. The topological polar surface area (TPSA) is 25.4 Å². The molecule has 1 atom stereocenters. The zero-order valence-electron chi connectivity index (χ0n) is 7.10. The van der Waals surface area contributed by atoms with Crippen LogP contribution in [0.5, 0.6) is 0 Å². The summed E-state index contributed by atoms with van der Waals surface area (Å²) in [6, 6.07) is 10.3. The fourth-order valence-electron chi connectivity index (χ4n) is 1.50. The first-order valence-electron chi connectivity index (χ1n) is 4.40. The van der Waals surface area contributed by atoms with Gasteiger partial charge >= 0.3 is 0 Å². The lowest BCUT2D eigenvalue weighted by Crippen LogP contribution is -1.84. The van der Waals surface area contributed by atoms with Crippen molar-refractivity contribution in [1.82, 2.24) is 4.98 Å². The van der Waals surface area contributed by atoms with Gasteiger partial charge in [0, 0.05) is 17.1 Å². The molecule has 0 spiro atoms. The summed E-state index contributed by atoms with van der Waals surface area (Å²) in [4.78, 5) is 4.36. The van der Waals surface area contributed by atoms with Crippen LogP contribution in [0, 0.1) is 0 Å². The van der Waals surface area contributed by atoms with E-state index < -0.39 is 0 Å². The third-order valence-corrected chi connectivity index (χ3v) is 2.32. The van der Waals surface area contributed by atoms with Gasteiger partial charge in [-0.3, -0.25) is 4.98 Å². The Hall–Kier alpha value is -1.41. The molecule has 1 aliphatic rings. The van der Waals surface area contributed by atoms with Gasteiger partial charge in [0.15, 0.2) is 0 Å². The summed E-state index contributed by atoms with van der Waals surface area (Å²) in [5.74, 6) is 0. The average Bonchev–Trinajstić information content (AvgIpc) is 3.00. The molecular formula is C11H9NO. The lowest BCUT2D eigenvalue weighted by molar-refractivity contribution is 0.415. The number of hydrogen-bond donors (Lipinski definition) is 0. The Kier molecular flexibility index (Phi) is 1.37. The summed E-state index contributed by atoms with van der Waals surface area (Å²) in [5.41, 5.74) is 2.24. The van der Waals surface area contributed by atoms with Gasteiger partial charge < -0.3 is 4.74 Å². The van der Waals surface area contributed by atoms with E-state index in [1.165, 1.54) is 10.9 Å². The van der Waals surface area contributed by atoms with Crippen LogP contribution in [-0.4, -0.2) is 11.6 Å². The highest BCUT2D eigenvalue weighted by Gasteiger charge is 2.24. The van der Waals surface area contributed by atoms with Gasteiger partial charge in [0.05, 0.1) is 12.1 Å². The maximum atomic E-state index is 5.20. The molecule has 0 bridgehead atoms. The molecular weight excluding hydrogens is 162 g/mol. The van der Waals surface area contributed by atoms with Crippen LogP contribution in [0.1, 0.15) is 11.7 Å². The van der Waals surface area contributed by atoms with E-state index in [1.807, 2.05) is 24.4 Å². The summed E-state index contributed by atoms with van der Waals surface area (Å²) >= 11 is 0. The number of hydrogen-bond acceptors (Lipinski definition) is 2. The molecule has 2 nitrogen and oxygen atoms in total. The maximum Gasteiger partial charge on any atom is 0.107 e. The molecule has 0 aliphatic carbocycles. The second-order valence-corrected chi connectivity index (χ2v) is 3.28. The van der Waals surface area contributed by atoms with Crippen LogP contribution in [0.3, 0.4) is 0 Å². The molecule has 64 valence electrons. The van der Waals surface area contributed by atoms with E-state index in [0.717, 1.165) is 12.1 Å². The zero-order chi connectivity index (χ0) is 8.67. The highest BCUT2D eigenvalue weighted by molar-refractivity contribution is 5.78. The third-order valence-electron chi connectivity index (χ3n) is 2.32. The largest absolute Gasteiger partial charge is 0.368 e. The second-order valence-electron chi connectivity index (χ2n) is 3.28. The number of epoxide rings is 1. The third kappa shape index (κ3) is 1.19. The normalized spacial score (nSPS) is 20.5. The van der Waals surface area contributed by atoms with Crippen molar-refractivity contribution in [2.24, 2.45) is 0 Å². The minimum absolute atomic E-state index is 0.303. The van der Waals surface area contributed by atoms with Gasteiger partial charge in [0.2, 0.25) is 0 Å². The lowest BCUT2D eigenvalue weighted by atomic mass is 10.1. The van der Waals surface area contributed by atoms with Crippen molar-refractivity contribution in [3.63, 3.8) is 0 Å². The van der Waals surface area contributed by atoms with Crippen LogP contribution in [0.15, 0.2) is 36.5 Å². The number of benzene rings is 1. The molecule has 13 heavy (non-hydrogen) atoms. The van der Waals surface area contributed by atoms with Crippen molar-refractivity contribution >= 4 is 10.9 Å². The molecule has 1 fully saturated rings. The van der Waals surface area contributed by atoms with E-state index in [9.17, 15) is 0 Å². The predicted molar refractivity (Wildman–Crippen MR) is 50.4 cm³/mol. The summed E-state index contributed by atoms with van der Waals surface area (Å²) in [7, 11) is 0. The van der Waals surface area contributed by atoms with Crippen LogP contribution >= 0.6 is 0 Å². The van der Waals surface area contributed by atoms with Crippen LogP contribution in [0.2, 0.25) is 0 Å². The van der Waals surface area contributed by atoms with Gasteiger partial charge in [-0.1, -0.05) is 18.2 Å².